The molecule has 1 aliphatic carbocycles. The molecule has 0 bridgehead atoms. The van der Waals surface area contributed by atoms with Gasteiger partial charge in [0.25, 0.3) is 0 Å². The van der Waals surface area contributed by atoms with Gasteiger partial charge in [-0.3, -0.25) is 4.79 Å². The Kier molecular flexibility index (Phi) is 3.06. The number of nitrogens with zero attached hydrogens (tertiary/aromatic N) is 1. The number of carbonyl (C=O) groups is 1. The zero-order chi connectivity index (χ0) is 12.5. The molecule has 18 heavy (non-hydrogen) atoms. The van der Waals surface area contributed by atoms with Crippen LogP contribution in [0.1, 0.15) is 24.4 Å². The summed E-state index contributed by atoms with van der Waals surface area (Å²) in [4.78, 5) is 14.2. The van der Waals surface area contributed by atoms with Gasteiger partial charge in [-0.25, -0.2) is 0 Å². The first kappa shape index (κ1) is 11.7. The Morgan fingerprint density at radius 3 is 2.94 bits per heavy atom. The Balaban J connectivity index is 1.57. The number of fused-ring (bicyclic) bond motifs is 1. The van der Waals surface area contributed by atoms with Crippen molar-refractivity contribution in [1.29, 1.82) is 0 Å². The normalized spacial score (nSPS) is 22.1. The molecule has 4 nitrogen and oxygen atoms in total. The molecule has 1 heterocycles. The van der Waals surface area contributed by atoms with E-state index in [2.05, 4.69) is 22.6 Å². The fourth-order valence-electron chi connectivity index (χ4n) is 2.49. The molecule has 1 aromatic carbocycles. The third kappa shape index (κ3) is 2.26. The van der Waals surface area contributed by atoms with E-state index in [9.17, 15) is 4.79 Å². The van der Waals surface area contributed by atoms with E-state index in [1.807, 2.05) is 24.3 Å². The van der Waals surface area contributed by atoms with E-state index >= 15 is 0 Å². The number of nitrogens with one attached hydrogen (secondary N) is 2. The van der Waals surface area contributed by atoms with Gasteiger partial charge in [-0.05, 0) is 26.0 Å². The van der Waals surface area contributed by atoms with Crippen molar-refractivity contribution in [1.82, 2.24) is 10.2 Å². The molecule has 0 radical (unpaired) electrons. The molecule has 1 amide bonds. The maximum absolute atomic E-state index is 11.9. The first-order chi connectivity index (χ1) is 8.75. The molecule has 1 unspecified atom stereocenters. The molecule has 0 spiro atoms. The van der Waals surface area contributed by atoms with Crippen LogP contribution in [0.5, 0.6) is 0 Å². The van der Waals surface area contributed by atoms with Crippen LogP contribution in [0, 0.1) is 0 Å². The van der Waals surface area contributed by atoms with Crippen LogP contribution in [-0.4, -0.2) is 37.0 Å². The minimum atomic E-state index is -0.186. The second-order valence-corrected chi connectivity index (χ2v) is 5.18. The number of amides is 1. The van der Waals surface area contributed by atoms with Crippen LogP contribution in [0.3, 0.4) is 0 Å². The minimum Gasteiger partial charge on any atom is -0.324 e. The molecule has 1 aromatic rings. The summed E-state index contributed by atoms with van der Waals surface area (Å²) in [6.45, 7) is 1.84. The van der Waals surface area contributed by atoms with Gasteiger partial charge in [0.15, 0.2) is 0 Å². The van der Waals surface area contributed by atoms with Crippen molar-refractivity contribution in [3.63, 3.8) is 0 Å². The topological polar surface area (TPSA) is 44.4 Å². The third-order valence-corrected chi connectivity index (χ3v) is 3.78. The third-order valence-electron chi connectivity index (χ3n) is 3.78. The lowest BCUT2D eigenvalue weighted by Crippen LogP contribution is -2.35. The van der Waals surface area contributed by atoms with Crippen LogP contribution in [0.15, 0.2) is 24.3 Å². The Morgan fingerprint density at radius 2 is 2.17 bits per heavy atom. The summed E-state index contributed by atoms with van der Waals surface area (Å²) >= 11 is 0. The summed E-state index contributed by atoms with van der Waals surface area (Å²) in [5.74, 6) is 0.0604. The molecule has 1 aliphatic heterocycles. The van der Waals surface area contributed by atoms with Gasteiger partial charge in [-0.2, -0.15) is 0 Å². The van der Waals surface area contributed by atoms with Crippen molar-refractivity contribution in [2.24, 2.45) is 0 Å². The summed E-state index contributed by atoms with van der Waals surface area (Å²) in [6, 6.07) is 8.47. The highest BCUT2D eigenvalue weighted by molar-refractivity contribution is 6.02. The van der Waals surface area contributed by atoms with E-state index in [1.54, 1.807) is 0 Å². The molecular weight excluding hydrogens is 226 g/mol. The van der Waals surface area contributed by atoms with Crippen molar-refractivity contribution in [2.75, 3.05) is 25.5 Å². The molecule has 1 fully saturated rings. The van der Waals surface area contributed by atoms with Gasteiger partial charge in [0, 0.05) is 30.4 Å². The molecule has 1 atom stereocenters. The summed E-state index contributed by atoms with van der Waals surface area (Å²) in [5.41, 5.74) is 2.01. The summed E-state index contributed by atoms with van der Waals surface area (Å²) in [6.07, 6.45) is 2.65. The quantitative estimate of drug-likeness (QED) is 0.823. The molecule has 2 N–H and O–H groups in total. The van der Waals surface area contributed by atoms with Gasteiger partial charge in [-0.1, -0.05) is 18.2 Å². The van der Waals surface area contributed by atoms with Crippen molar-refractivity contribution >= 4 is 11.6 Å². The summed E-state index contributed by atoms with van der Waals surface area (Å²) in [5, 5.41) is 6.25. The monoisotopic (exact) mass is 245 g/mol. The summed E-state index contributed by atoms with van der Waals surface area (Å²) in [7, 11) is 2.15. The maximum Gasteiger partial charge on any atom is 0.246 e. The van der Waals surface area contributed by atoms with Crippen molar-refractivity contribution in [3.05, 3.63) is 29.8 Å². The van der Waals surface area contributed by atoms with Crippen molar-refractivity contribution in [2.45, 2.75) is 24.9 Å². The van der Waals surface area contributed by atoms with E-state index in [-0.39, 0.29) is 11.9 Å². The Bertz CT molecular complexity index is 456. The van der Waals surface area contributed by atoms with Crippen LogP contribution in [0.4, 0.5) is 5.69 Å². The predicted molar refractivity (Wildman–Crippen MR) is 71.5 cm³/mol. The number of carbonyl (C=O) groups excluding carboxylic acids is 1. The Morgan fingerprint density at radius 1 is 1.39 bits per heavy atom. The largest absolute Gasteiger partial charge is 0.324 e. The average Bonchev–Trinajstić information content (AvgIpc) is 3.15. The molecule has 0 aromatic heterocycles. The molecular formula is C14H19N3O. The number of likely N-dealkylation sites (N-methyl/N-ethyl adjacent to an activating group) is 1. The lowest BCUT2D eigenvalue weighted by molar-refractivity contribution is -0.117. The van der Waals surface area contributed by atoms with Crippen LogP contribution < -0.4 is 10.6 Å². The number of anilines is 1. The highest BCUT2D eigenvalue weighted by Gasteiger charge is 2.30. The van der Waals surface area contributed by atoms with Crippen molar-refractivity contribution in [3.8, 4) is 0 Å². The Labute approximate surface area is 107 Å². The first-order valence-electron chi connectivity index (χ1n) is 6.59. The van der Waals surface area contributed by atoms with E-state index in [4.69, 9.17) is 0 Å². The number of benzene rings is 1. The van der Waals surface area contributed by atoms with E-state index < -0.39 is 0 Å². The predicted octanol–water partition coefficient (Wildman–Crippen LogP) is 1.36. The summed E-state index contributed by atoms with van der Waals surface area (Å²) < 4.78 is 0. The number of para-hydroxylation sites is 1. The van der Waals surface area contributed by atoms with Crippen LogP contribution >= 0.6 is 0 Å². The number of hydrogen-bond acceptors (Lipinski definition) is 3. The molecule has 0 saturated heterocycles. The van der Waals surface area contributed by atoms with E-state index in [1.165, 1.54) is 12.8 Å². The van der Waals surface area contributed by atoms with Crippen LogP contribution in [0.2, 0.25) is 0 Å². The van der Waals surface area contributed by atoms with Gasteiger partial charge in [0.05, 0.1) is 0 Å². The zero-order valence-electron chi connectivity index (χ0n) is 10.6. The lowest BCUT2D eigenvalue weighted by atomic mass is 10.1. The second kappa shape index (κ2) is 4.71. The highest BCUT2D eigenvalue weighted by Crippen LogP contribution is 2.30. The van der Waals surface area contributed by atoms with Gasteiger partial charge < -0.3 is 15.5 Å². The lowest BCUT2D eigenvalue weighted by Gasteiger charge is -2.17. The van der Waals surface area contributed by atoms with Crippen LogP contribution in [0.25, 0.3) is 0 Å². The molecule has 2 aliphatic rings. The Hall–Kier alpha value is -1.39. The minimum absolute atomic E-state index is 0.0604. The molecule has 1 saturated carbocycles. The number of hydrogen-bond donors (Lipinski definition) is 2. The average molecular weight is 245 g/mol. The standard InChI is InChI=1S/C14H19N3O/c1-17(10-6-7-10)9-8-15-13-11-4-2-3-5-12(11)16-14(13)18/h2-5,10,13,15H,6-9H2,1H3,(H,16,18). The maximum atomic E-state index is 11.9. The van der Waals surface area contributed by atoms with Crippen molar-refractivity contribution < 1.29 is 4.79 Å². The molecule has 4 heteroatoms. The number of rotatable bonds is 5. The highest BCUT2D eigenvalue weighted by atomic mass is 16.2. The van der Waals surface area contributed by atoms with Gasteiger partial charge in [-0.15, -0.1) is 0 Å². The SMILES string of the molecule is CN(CCNC1C(=O)Nc2ccccc21)C1CC1. The van der Waals surface area contributed by atoms with E-state index in [0.717, 1.165) is 30.4 Å². The smallest absolute Gasteiger partial charge is 0.246 e. The van der Waals surface area contributed by atoms with E-state index in [0.29, 0.717) is 0 Å². The van der Waals surface area contributed by atoms with Crippen LogP contribution in [-0.2, 0) is 4.79 Å². The van der Waals surface area contributed by atoms with Gasteiger partial charge in [0.2, 0.25) is 5.91 Å². The fraction of sp³-hybridized carbons (Fsp3) is 0.500. The zero-order valence-corrected chi connectivity index (χ0v) is 10.6. The van der Waals surface area contributed by atoms with Gasteiger partial charge >= 0.3 is 0 Å². The first-order valence-corrected chi connectivity index (χ1v) is 6.59. The molecule has 3 rings (SSSR count). The van der Waals surface area contributed by atoms with Gasteiger partial charge in [0.1, 0.15) is 6.04 Å². The molecule has 96 valence electrons. The fourth-order valence-corrected chi connectivity index (χ4v) is 2.49. The second-order valence-electron chi connectivity index (χ2n) is 5.18.